The van der Waals surface area contributed by atoms with E-state index in [-0.39, 0.29) is 17.9 Å². The number of amides is 2. The van der Waals surface area contributed by atoms with Crippen LogP contribution in [0.2, 0.25) is 5.02 Å². The van der Waals surface area contributed by atoms with Gasteiger partial charge in [-0.05, 0) is 49.2 Å². The number of rotatable bonds is 5. The molecule has 8 heteroatoms. The molecular weight excluding hydrogens is 390 g/mol. The number of anilines is 1. The van der Waals surface area contributed by atoms with E-state index >= 15 is 0 Å². The first-order valence-electron chi connectivity index (χ1n) is 9.38. The second-order valence-electron chi connectivity index (χ2n) is 6.94. The quantitative estimate of drug-likeness (QED) is 0.699. The van der Waals surface area contributed by atoms with Crippen molar-refractivity contribution in [2.24, 2.45) is 0 Å². The van der Waals surface area contributed by atoms with E-state index in [9.17, 15) is 9.59 Å². The van der Waals surface area contributed by atoms with Crippen LogP contribution in [0.3, 0.4) is 0 Å². The molecule has 1 aliphatic heterocycles. The van der Waals surface area contributed by atoms with E-state index in [2.05, 4.69) is 15.4 Å². The van der Waals surface area contributed by atoms with Crippen molar-refractivity contribution in [3.05, 3.63) is 71.3 Å². The highest BCUT2D eigenvalue weighted by Gasteiger charge is 2.24. The number of nitrogens with one attached hydrogen (secondary N) is 1. The minimum Gasteiger partial charge on any atom is -0.346 e. The molecule has 0 bridgehead atoms. The highest BCUT2D eigenvalue weighted by atomic mass is 35.5. The Hall–Kier alpha value is -3.19. The van der Waals surface area contributed by atoms with Gasteiger partial charge in [0, 0.05) is 18.5 Å². The molecule has 1 fully saturated rings. The molecule has 7 nitrogen and oxygen atoms in total. The number of hydrogen-bond acceptors (Lipinski definition) is 4. The maximum absolute atomic E-state index is 12.8. The zero-order valence-corrected chi connectivity index (χ0v) is 16.6. The van der Waals surface area contributed by atoms with Gasteiger partial charge in [-0.25, -0.2) is 9.67 Å². The molecule has 1 aromatic heterocycles. The lowest BCUT2D eigenvalue weighted by molar-refractivity contribution is -0.117. The predicted molar refractivity (Wildman–Crippen MR) is 110 cm³/mol. The monoisotopic (exact) mass is 409 g/mol. The average molecular weight is 410 g/mol. The Kier molecular flexibility index (Phi) is 5.31. The standard InChI is InChI=1S/C21H20ClN5O2/c1-14(15-4-7-17(8-5-15)27-13-23-12-24-27)25-21(29)16-6-9-18(22)19(11-16)26-10-2-3-20(26)28/h4-9,11-14H,2-3,10H2,1H3,(H,25,29). The van der Waals surface area contributed by atoms with Crippen LogP contribution in [-0.4, -0.2) is 33.1 Å². The van der Waals surface area contributed by atoms with Crippen LogP contribution in [0, 0.1) is 0 Å². The smallest absolute Gasteiger partial charge is 0.251 e. The SMILES string of the molecule is CC(NC(=O)c1ccc(Cl)c(N2CCCC2=O)c1)c1ccc(-n2cncn2)cc1. The van der Waals surface area contributed by atoms with E-state index in [0.717, 1.165) is 17.7 Å². The van der Waals surface area contributed by atoms with E-state index in [1.54, 1.807) is 34.1 Å². The summed E-state index contributed by atoms with van der Waals surface area (Å²) in [5.41, 5.74) is 2.91. The fourth-order valence-corrected chi connectivity index (χ4v) is 3.60. The maximum Gasteiger partial charge on any atom is 0.251 e. The van der Waals surface area contributed by atoms with Crippen LogP contribution in [0.1, 0.15) is 41.7 Å². The largest absolute Gasteiger partial charge is 0.346 e. The molecule has 1 aliphatic rings. The molecule has 1 N–H and O–H groups in total. The molecule has 1 atom stereocenters. The molecular formula is C21H20ClN5O2. The van der Waals surface area contributed by atoms with Crippen LogP contribution >= 0.6 is 11.6 Å². The fourth-order valence-electron chi connectivity index (χ4n) is 3.38. The molecule has 29 heavy (non-hydrogen) atoms. The van der Waals surface area contributed by atoms with Gasteiger partial charge in [-0.3, -0.25) is 9.59 Å². The summed E-state index contributed by atoms with van der Waals surface area (Å²) in [6, 6.07) is 12.5. The summed E-state index contributed by atoms with van der Waals surface area (Å²) < 4.78 is 1.67. The predicted octanol–water partition coefficient (Wildman–Crippen LogP) is 3.54. The number of aromatic nitrogens is 3. The van der Waals surface area contributed by atoms with Crippen LogP contribution in [-0.2, 0) is 4.79 Å². The van der Waals surface area contributed by atoms with Crippen molar-refractivity contribution in [1.82, 2.24) is 20.1 Å². The third kappa shape index (κ3) is 4.00. The van der Waals surface area contributed by atoms with Crippen molar-refractivity contribution >= 4 is 29.1 Å². The lowest BCUT2D eigenvalue weighted by atomic mass is 10.1. The van der Waals surface area contributed by atoms with Gasteiger partial charge in [-0.15, -0.1) is 0 Å². The number of benzene rings is 2. The first-order valence-corrected chi connectivity index (χ1v) is 9.76. The van der Waals surface area contributed by atoms with Crippen molar-refractivity contribution in [1.29, 1.82) is 0 Å². The van der Waals surface area contributed by atoms with Gasteiger partial charge in [0.15, 0.2) is 0 Å². The van der Waals surface area contributed by atoms with Crippen LogP contribution in [0.15, 0.2) is 55.1 Å². The van der Waals surface area contributed by atoms with Crippen LogP contribution in [0.5, 0.6) is 0 Å². The molecule has 1 unspecified atom stereocenters. The van der Waals surface area contributed by atoms with E-state index in [1.165, 1.54) is 6.33 Å². The normalized spacial score (nSPS) is 14.8. The van der Waals surface area contributed by atoms with Gasteiger partial charge in [0.1, 0.15) is 12.7 Å². The molecule has 148 valence electrons. The van der Waals surface area contributed by atoms with Gasteiger partial charge in [-0.2, -0.15) is 5.10 Å². The highest BCUT2D eigenvalue weighted by Crippen LogP contribution is 2.30. The first kappa shape index (κ1) is 19.1. The molecule has 2 heterocycles. The summed E-state index contributed by atoms with van der Waals surface area (Å²) in [5, 5.41) is 7.56. The molecule has 0 radical (unpaired) electrons. The van der Waals surface area contributed by atoms with E-state index < -0.39 is 0 Å². The van der Waals surface area contributed by atoms with Gasteiger partial charge in [0.2, 0.25) is 5.91 Å². The average Bonchev–Trinajstić information content (AvgIpc) is 3.40. The molecule has 3 aromatic rings. The minimum atomic E-state index is -0.220. The van der Waals surface area contributed by atoms with Gasteiger partial charge >= 0.3 is 0 Å². The number of nitrogens with zero attached hydrogens (tertiary/aromatic N) is 4. The zero-order valence-electron chi connectivity index (χ0n) is 15.9. The van der Waals surface area contributed by atoms with Crippen molar-refractivity contribution in [3.8, 4) is 5.69 Å². The molecule has 1 saturated heterocycles. The Labute approximate surface area is 173 Å². The third-order valence-electron chi connectivity index (χ3n) is 5.00. The van der Waals surface area contributed by atoms with Crippen LogP contribution in [0.4, 0.5) is 5.69 Å². The van der Waals surface area contributed by atoms with Crippen molar-refractivity contribution < 1.29 is 9.59 Å². The Morgan fingerprint density at radius 1 is 1.21 bits per heavy atom. The van der Waals surface area contributed by atoms with Gasteiger partial charge in [0.05, 0.1) is 22.4 Å². The topological polar surface area (TPSA) is 80.1 Å². The van der Waals surface area contributed by atoms with Crippen molar-refractivity contribution in [3.63, 3.8) is 0 Å². The van der Waals surface area contributed by atoms with E-state index in [0.29, 0.717) is 29.2 Å². The number of hydrogen-bond donors (Lipinski definition) is 1. The number of carbonyl (C=O) groups excluding carboxylic acids is 2. The van der Waals surface area contributed by atoms with Gasteiger partial charge in [0.25, 0.3) is 5.91 Å². The Morgan fingerprint density at radius 2 is 2.00 bits per heavy atom. The summed E-state index contributed by atoms with van der Waals surface area (Å²) in [6.45, 7) is 2.54. The van der Waals surface area contributed by atoms with E-state index in [1.807, 2.05) is 31.2 Å². The summed E-state index contributed by atoms with van der Waals surface area (Å²) in [6.07, 6.45) is 4.41. The minimum absolute atomic E-state index is 0.0327. The summed E-state index contributed by atoms with van der Waals surface area (Å²) in [4.78, 5) is 30.4. The Balaban J connectivity index is 1.48. The molecule has 0 saturated carbocycles. The Morgan fingerprint density at radius 3 is 2.66 bits per heavy atom. The highest BCUT2D eigenvalue weighted by molar-refractivity contribution is 6.34. The van der Waals surface area contributed by atoms with Crippen molar-refractivity contribution in [2.45, 2.75) is 25.8 Å². The molecule has 0 aliphatic carbocycles. The number of halogens is 1. The third-order valence-corrected chi connectivity index (χ3v) is 5.32. The summed E-state index contributed by atoms with van der Waals surface area (Å²) in [5.74, 6) is -0.187. The summed E-state index contributed by atoms with van der Waals surface area (Å²) >= 11 is 6.27. The number of carbonyl (C=O) groups is 2. The fraction of sp³-hybridized carbons (Fsp3) is 0.238. The Bertz CT molecular complexity index is 1030. The van der Waals surface area contributed by atoms with Crippen molar-refractivity contribution in [2.75, 3.05) is 11.4 Å². The second kappa shape index (κ2) is 8.05. The zero-order chi connectivity index (χ0) is 20.4. The van der Waals surface area contributed by atoms with Gasteiger partial charge in [-0.1, -0.05) is 23.7 Å². The van der Waals surface area contributed by atoms with Crippen LogP contribution < -0.4 is 10.2 Å². The van der Waals surface area contributed by atoms with Crippen LogP contribution in [0.25, 0.3) is 5.69 Å². The molecule has 4 rings (SSSR count). The first-order chi connectivity index (χ1) is 14.0. The molecule has 0 spiro atoms. The maximum atomic E-state index is 12.8. The molecule has 2 aromatic carbocycles. The second-order valence-corrected chi connectivity index (χ2v) is 7.35. The lowest BCUT2D eigenvalue weighted by Crippen LogP contribution is -2.28. The van der Waals surface area contributed by atoms with Gasteiger partial charge < -0.3 is 10.2 Å². The summed E-state index contributed by atoms with van der Waals surface area (Å²) in [7, 11) is 0. The molecule has 2 amide bonds. The lowest BCUT2D eigenvalue weighted by Gasteiger charge is -2.19. The van der Waals surface area contributed by atoms with E-state index in [4.69, 9.17) is 11.6 Å².